The van der Waals surface area contributed by atoms with E-state index < -0.39 is 0 Å². The maximum Gasteiger partial charge on any atom is 0.0159 e. The summed E-state index contributed by atoms with van der Waals surface area (Å²) < 4.78 is 0. The minimum absolute atomic E-state index is 0.0588. The van der Waals surface area contributed by atoms with Crippen molar-refractivity contribution in [3.8, 4) is 55.6 Å². The number of hydrogen-bond acceptors (Lipinski definition) is 0. The Morgan fingerprint density at radius 3 is 0.887 bits per heavy atom. The zero-order valence-corrected chi connectivity index (χ0v) is 51.1. The predicted octanol–water partition coefficient (Wildman–Crippen LogP) is 22.8. The van der Waals surface area contributed by atoms with Crippen LogP contribution in [0.4, 0.5) is 0 Å². The van der Waals surface area contributed by atoms with Crippen molar-refractivity contribution < 1.29 is 0 Å². The van der Waals surface area contributed by atoms with Crippen LogP contribution in [0.2, 0.25) is 0 Å². The fraction of sp³-hybridized carbons (Fsp3) is 0.250. The molecule has 0 unspecified atom stereocenters. The molecular weight excluding hydrogens is 961 g/mol. The van der Waals surface area contributed by atoms with E-state index in [0.29, 0.717) is 0 Å². The summed E-state index contributed by atoms with van der Waals surface area (Å²) >= 11 is 0. The van der Waals surface area contributed by atoms with E-state index in [2.05, 4.69) is 283 Å². The van der Waals surface area contributed by atoms with Crippen LogP contribution in [-0.4, -0.2) is 0 Å². The van der Waals surface area contributed by atoms with E-state index in [1.165, 1.54) is 122 Å². The van der Waals surface area contributed by atoms with Gasteiger partial charge in [-0.2, -0.15) is 0 Å². The van der Waals surface area contributed by atoms with Gasteiger partial charge in [0.2, 0.25) is 0 Å². The Bertz CT molecular complexity index is 3500. The largest absolute Gasteiger partial charge is 0.0683 e. The van der Waals surface area contributed by atoms with Crippen LogP contribution in [0.3, 0.4) is 0 Å². The van der Waals surface area contributed by atoms with E-state index in [1.54, 1.807) is 0 Å². The third kappa shape index (κ3) is 13.1. The first-order valence-corrected chi connectivity index (χ1v) is 29.4. The summed E-state index contributed by atoms with van der Waals surface area (Å²) in [6, 6.07) is 83.0. The average Bonchev–Trinajstić information content (AvgIpc) is 4.06. The lowest BCUT2D eigenvalue weighted by atomic mass is 9.79. The van der Waals surface area contributed by atoms with Crippen LogP contribution in [-0.2, 0) is 22.7 Å². The van der Waals surface area contributed by atoms with Gasteiger partial charge in [-0.05, 0) is 148 Å². The molecular formula is C80H88. The first-order valence-electron chi connectivity index (χ1n) is 29.4. The third-order valence-electron chi connectivity index (χ3n) is 16.1. The Morgan fingerprint density at radius 1 is 0.237 bits per heavy atom. The highest BCUT2D eigenvalue weighted by Crippen LogP contribution is 2.56. The summed E-state index contributed by atoms with van der Waals surface area (Å²) in [5.74, 6) is 0. The van der Waals surface area contributed by atoms with Crippen LogP contribution in [0.1, 0.15) is 143 Å². The zero-order valence-electron chi connectivity index (χ0n) is 51.1. The molecule has 3 aliphatic carbocycles. The van der Waals surface area contributed by atoms with Gasteiger partial charge in [0.15, 0.2) is 0 Å². The number of benzene rings is 10. The first-order chi connectivity index (χ1) is 38.5. The van der Waals surface area contributed by atoms with Crippen molar-refractivity contribution in [3.05, 3.63) is 297 Å². The molecule has 80 heavy (non-hydrogen) atoms. The van der Waals surface area contributed by atoms with Crippen LogP contribution < -0.4 is 0 Å². The van der Waals surface area contributed by atoms with E-state index in [1.807, 2.05) is 58.0 Å². The summed E-state index contributed by atoms with van der Waals surface area (Å²) in [4.78, 5) is 0. The lowest BCUT2D eigenvalue weighted by Crippen LogP contribution is -2.17. The van der Waals surface area contributed by atoms with Crippen LogP contribution >= 0.6 is 0 Å². The molecule has 0 saturated carbocycles. The maximum atomic E-state index is 2.49. The molecule has 0 heteroatoms. The van der Waals surface area contributed by atoms with Gasteiger partial charge in [-0.25, -0.2) is 0 Å². The molecule has 0 radical (unpaired) electrons. The van der Waals surface area contributed by atoms with Gasteiger partial charge >= 0.3 is 0 Å². The Morgan fingerprint density at radius 2 is 0.512 bits per heavy atom. The molecule has 0 nitrogen and oxygen atoms in total. The Kier molecular flexibility index (Phi) is 19.8. The second-order valence-electron chi connectivity index (χ2n) is 22.8. The number of aryl methyl sites for hydroxylation is 6. The molecule has 0 amide bonds. The molecule has 0 aromatic heterocycles. The van der Waals surface area contributed by atoms with Crippen molar-refractivity contribution in [2.75, 3.05) is 0 Å². The lowest BCUT2D eigenvalue weighted by Gasteiger charge is -2.24. The topological polar surface area (TPSA) is 0 Å². The van der Waals surface area contributed by atoms with E-state index in [4.69, 9.17) is 0 Å². The van der Waals surface area contributed by atoms with Crippen LogP contribution in [0.25, 0.3) is 55.6 Å². The van der Waals surface area contributed by atoms with Gasteiger partial charge in [0.05, 0.1) is 0 Å². The smallest absolute Gasteiger partial charge is 0.0159 e. The second-order valence-corrected chi connectivity index (χ2v) is 22.8. The SMILES string of the molecule is CC.CC.CCc1ccc(-c2ccccc2)cc1.Cc1ccc(-c2ccccc2)cc1.Cc1ccc2c(c1)C(C)(C)c1cc3c(cc1-2)C(C)(C)c1cc(C)ccc1-3.Cc1ccc2c(c1)C(C)(C)c1ccccc1-2.Cc1ccccc1. The minimum atomic E-state index is 0.0588. The Balaban J connectivity index is 0.000000150. The molecule has 0 atom stereocenters. The van der Waals surface area contributed by atoms with Crippen LogP contribution in [0.5, 0.6) is 0 Å². The minimum Gasteiger partial charge on any atom is -0.0683 e. The fourth-order valence-electron chi connectivity index (χ4n) is 11.5. The average molecular weight is 1050 g/mol. The highest BCUT2D eigenvalue weighted by Gasteiger charge is 2.41. The summed E-state index contributed by atoms with van der Waals surface area (Å²) in [7, 11) is 0. The number of fused-ring (bicyclic) bond motifs is 9. The van der Waals surface area contributed by atoms with Crippen LogP contribution in [0.15, 0.2) is 231 Å². The van der Waals surface area contributed by atoms with Crippen molar-refractivity contribution in [2.45, 2.75) is 133 Å². The molecule has 0 spiro atoms. The van der Waals surface area contributed by atoms with E-state index in [-0.39, 0.29) is 16.2 Å². The van der Waals surface area contributed by atoms with Gasteiger partial charge in [-0.3, -0.25) is 0 Å². The molecule has 408 valence electrons. The van der Waals surface area contributed by atoms with Gasteiger partial charge in [0.25, 0.3) is 0 Å². The van der Waals surface area contributed by atoms with Gasteiger partial charge < -0.3 is 0 Å². The number of hydrogen-bond donors (Lipinski definition) is 0. The summed E-state index contributed by atoms with van der Waals surface area (Å²) in [5.41, 5.74) is 30.8. The van der Waals surface area contributed by atoms with Crippen LogP contribution in [0, 0.1) is 34.6 Å². The molecule has 0 N–H and O–H groups in total. The Labute approximate surface area is 483 Å². The molecule has 0 aliphatic heterocycles. The number of rotatable bonds is 3. The van der Waals surface area contributed by atoms with Gasteiger partial charge in [-0.1, -0.05) is 322 Å². The molecule has 3 aliphatic rings. The monoisotopic (exact) mass is 1050 g/mol. The molecule has 0 saturated heterocycles. The van der Waals surface area contributed by atoms with Crippen molar-refractivity contribution in [3.63, 3.8) is 0 Å². The molecule has 0 fully saturated rings. The first kappa shape index (κ1) is 59.9. The van der Waals surface area contributed by atoms with E-state index in [0.717, 1.165) is 6.42 Å². The highest BCUT2D eigenvalue weighted by atomic mass is 14.4. The second kappa shape index (κ2) is 26.4. The molecule has 0 bridgehead atoms. The fourth-order valence-corrected chi connectivity index (χ4v) is 11.5. The predicted molar refractivity (Wildman–Crippen MR) is 352 cm³/mol. The maximum absolute atomic E-state index is 2.49. The van der Waals surface area contributed by atoms with Crippen molar-refractivity contribution in [1.29, 1.82) is 0 Å². The van der Waals surface area contributed by atoms with Crippen molar-refractivity contribution in [2.24, 2.45) is 0 Å². The standard InChI is InChI=1S/C26H26.C16H16.C14H14.C13H12.C7H8.2C2H6/c1-15-7-9-17-19-13-24-20(14-23(19)25(3,4)21(17)11-15)18-10-8-16(2)12-22(18)26(24,5)6;1-11-8-9-13-12-6-4-5-7-14(12)16(2,3)15(13)10-11;1-2-12-8-10-14(11-9-12)13-6-4-3-5-7-13;1-11-7-9-13(10-8-11)12-5-3-2-4-6-12;1-7-5-3-2-4-6-7;2*1-2/h7-14H,1-6H3;4-10H,1-3H3;3-11H,2H2,1H3;2-10H,1H3;2-6H,1H3;2*1-2H3. The third-order valence-corrected chi connectivity index (χ3v) is 16.1. The Hall–Kier alpha value is -7.80. The molecule has 0 heterocycles. The van der Waals surface area contributed by atoms with E-state index >= 15 is 0 Å². The highest BCUT2D eigenvalue weighted by molar-refractivity contribution is 5.90. The zero-order chi connectivity index (χ0) is 57.8. The van der Waals surface area contributed by atoms with Crippen molar-refractivity contribution in [1.82, 2.24) is 0 Å². The molecule has 10 aromatic rings. The van der Waals surface area contributed by atoms with Gasteiger partial charge in [0, 0.05) is 16.2 Å². The summed E-state index contributed by atoms with van der Waals surface area (Å²) in [5, 5.41) is 0. The quantitative estimate of drug-likeness (QED) is 0.165. The summed E-state index contributed by atoms with van der Waals surface area (Å²) in [6.45, 7) is 35.1. The summed E-state index contributed by atoms with van der Waals surface area (Å²) in [6.07, 6.45) is 1.11. The lowest BCUT2D eigenvalue weighted by molar-refractivity contribution is 0.651. The van der Waals surface area contributed by atoms with Gasteiger partial charge in [0.1, 0.15) is 0 Å². The van der Waals surface area contributed by atoms with Gasteiger partial charge in [-0.15, -0.1) is 0 Å². The van der Waals surface area contributed by atoms with E-state index in [9.17, 15) is 0 Å². The molecule has 13 rings (SSSR count). The van der Waals surface area contributed by atoms with Crippen molar-refractivity contribution >= 4 is 0 Å². The normalized spacial score (nSPS) is 13.1. The molecule has 10 aromatic carbocycles.